The Bertz CT molecular complexity index is 798. The fraction of sp³-hybridized carbons (Fsp3) is 0.375. The van der Waals surface area contributed by atoms with E-state index in [4.69, 9.17) is 23.2 Å². The molecule has 1 unspecified atom stereocenters. The number of amides is 2. The third-order valence-electron chi connectivity index (χ3n) is 4.13. The first-order valence-electron chi connectivity index (χ1n) is 7.58. The summed E-state index contributed by atoms with van der Waals surface area (Å²) in [6.07, 6.45) is -2.27. The predicted octanol–water partition coefficient (Wildman–Crippen LogP) is 4.73. The van der Waals surface area contributed by atoms with Crippen LogP contribution in [0.5, 0.6) is 5.75 Å². The Morgan fingerprint density at radius 1 is 1.12 bits per heavy atom. The van der Waals surface area contributed by atoms with Crippen molar-refractivity contribution < 1.29 is 31.9 Å². The van der Waals surface area contributed by atoms with Crippen LogP contribution in [0.15, 0.2) is 23.3 Å². The SMILES string of the molecule is O=C1C2=C(CCCC2)C(=O)N1c1cc(OC(F)(F)C(F)Cl)c(Cl)cc1F. The minimum Gasteiger partial charge on any atom is -0.428 e. The van der Waals surface area contributed by atoms with Gasteiger partial charge < -0.3 is 4.74 Å². The highest BCUT2D eigenvalue weighted by atomic mass is 35.5. The molecule has 2 amide bonds. The minimum absolute atomic E-state index is 0.285. The third-order valence-corrected chi connectivity index (χ3v) is 4.68. The highest BCUT2D eigenvalue weighted by Gasteiger charge is 2.44. The Morgan fingerprint density at radius 3 is 2.15 bits per heavy atom. The van der Waals surface area contributed by atoms with Gasteiger partial charge in [-0.25, -0.2) is 13.7 Å². The molecular weight excluding hydrogens is 401 g/mol. The van der Waals surface area contributed by atoms with Crippen LogP contribution < -0.4 is 9.64 Å². The maximum atomic E-state index is 14.3. The average molecular weight is 412 g/mol. The first kappa shape index (κ1) is 19.0. The second kappa shape index (κ2) is 6.74. The van der Waals surface area contributed by atoms with Gasteiger partial charge in [-0.1, -0.05) is 23.2 Å². The number of imide groups is 1. The zero-order valence-corrected chi connectivity index (χ0v) is 14.5. The standard InChI is InChI=1S/C16H11Cl2F4NO3/c17-9-5-10(19)11(6-12(9)26-16(21,22)15(18)20)23-13(24)7-3-1-2-4-8(7)14(23)25/h5-6,15H,1-4H2. The van der Waals surface area contributed by atoms with Gasteiger partial charge in [0.1, 0.15) is 11.6 Å². The van der Waals surface area contributed by atoms with Gasteiger partial charge in [0.2, 0.25) is 0 Å². The van der Waals surface area contributed by atoms with Gasteiger partial charge in [-0.3, -0.25) is 9.59 Å². The van der Waals surface area contributed by atoms with Gasteiger partial charge in [-0.15, -0.1) is 0 Å². The van der Waals surface area contributed by atoms with Gasteiger partial charge in [-0.2, -0.15) is 8.78 Å². The molecule has 10 heteroatoms. The number of carbonyl (C=O) groups excluding carboxylic acids is 2. The summed E-state index contributed by atoms with van der Waals surface area (Å²) in [5, 5.41) is -0.597. The Labute approximate surface area is 155 Å². The fourth-order valence-electron chi connectivity index (χ4n) is 2.92. The maximum absolute atomic E-state index is 14.3. The summed E-state index contributed by atoms with van der Waals surface area (Å²) < 4.78 is 58.0. The van der Waals surface area contributed by atoms with Gasteiger partial charge in [0, 0.05) is 17.2 Å². The molecule has 1 aromatic carbocycles. The van der Waals surface area contributed by atoms with Crippen molar-refractivity contribution in [3.05, 3.63) is 34.1 Å². The van der Waals surface area contributed by atoms with E-state index in [-0.39, 0.29) is 11.1 Å². The quantitative estimate of drug-likeness (QED) is 0.408. The predicted molar refractivity (Wildman–Crippen MR) is 85.7 cm³/mol. The first-order valence-corrected chi connectivity index (χ1v) is 8.39. The van der Waals surface area contributed by atoms with Crippen molar-refractivity contribution >= 4 is 40.7 Å². The molecule has 0 aromatic heterocycles. The highest BCUT2D eigenvalue weighted by molar-refractivity contribution is 6.34. The Hall–Kier alpha value is -1.80. The van der Waals surface area contributed by atoms with Gasteiger partial charge in [0.15, 0.2) is 0 Å². The molecule has 1 aliphatic carbocycles. The van der Waals surface area contributed by atoms with Crippen LogP contribution >= 0.6 is 23.2 Å². The van der Waals surface area contributed by atoms with Gasteiger partial charge in [0.05, 0.1) is 10.7 Å². The molecule has 0 bridgehead atoms. The molecule has 4 nitrogen and oxygen atoms in total. The number of nitrogens with zero attached hydrogens (tertiary/aromatic N) is 1. The van der Waals surface area contributed by atoms with Gasteiger partial charge in [-0.05, 0) is 31.7 Å². The Morgan fingerprint density at radius 2 is 1.65 bits per heavy atom. The van der Waals surface area contributed by atoms with E-state index in [1.807, 2.05) is 0 Å². The van der Waals surface area contributed by atoms with E-state index in [2.05, 4.69) is 4.74 Å². The van der Waals surface area contributed by atoms with Crippen molar-refractivity contribution in [1.82, 2.24) is 0 Å². The fourth-order valence-corrected chi connectivity index (χ4v) is 3.15. The first-order chi connectivity index (χ1) is 12.1. The van der Waals surface area contributed by atoms with Gasteiger partial charge in [0.25, 0.3) is 17.4 Å². The van der Waals surface area contributed by atoms with Crippen LogP contribution in [0.3, 0.4) is 0 Å². The van der Waals surface area contributed by atoms with E-state index in [9.17, 15) is 27.2 Å². The Balaban J connectivity index is 2.00. The van der Waals surface area contributed by atoms with E-state index < -0.39 is 45.8 Å². The second-order valence-corrected chi connectivity index (χ2v) is 6.60. The molecule has 3 rings (SSSR count). The number of ether oxygens (including phenoxy) is 1. The lowest BCUT2D eigenvalue weighted by molar-refractivity contribution is -0.198. The average Bonchev–Trinajstić information content (AvgIpc) is 2.82. The van der Waals surface area contributed by atoms with Crippen molar-refractivity contribution in [3.63, 3.8) is 0 Å². The summed E-state index contributed by atoms with van der Waals surface area (Å²) in [4.78, 5) is 25.5. The molecule has 26 heavy (non-hydrogen) atoms. The number of alkyl halides is 4. The second-order valence-electron chi connectivity index (χ2n) is 5.81. The molecule has 0 saturated heterocycles. The summed E-state index contributed by atoms with van der Waals surface area (Å²) >= 11 is 10.4. The number of carbonyl (C=O) groups is 2. The van der Waals surface area contributed by atoms with E-state index in [0.717, 1.165) is 0 Å². The summed E-state index contributed by atoms with van der Waals surface area (Å²) in [7, 11) is 0. The normalized spacial score (nSPS) is 19.1. The largest absolute Gasteiger partial charge is 0.444 e. The number of halogens is 6. The van der Waals surface area contributed by atoms with Crippen LogP contribution in [0.2, 0.25) is 5.02 Å². The van der Waals surface area contributed by atoms with Gasteiger partial charge >= 0.3 is 6.11 Å². The minimum atomic E-state index is -4.45. The lowest BCUT2D eigenvalue weighted by atomic mass is 9.93. The van der Waals surface area contributed by atoms with Crippen molar-refractivity contribution in [2.75, 3.05) is 4.90 Å². The summed E-state index contributed by atoms with van der Waals surface area (Å²) in [5.74, 6) is -3.34. The van der Waals surface area contributed by atoms with E-state index >= 15 is 0 Å². The lowest BCUT2D eigenvalue weighted by Crippen LogP contribution is -2.34. The molecule has 1 atom stereocenters. The van der Waals surface area contributed by atoms with E-state index in [1.54, 1.807) is 0 Å². The number of rotatable bonds is 4. The topological polar surface area (TPSA) is 46.6 Å². The monoisotopic (exact) mass is 411 g/mol. The van der Waals surface area contributed by atoms with Crippen molar-refractivity contribution in [1.29, 1.82) is 0 Å². The number of hydrogen-bond donors (Lipinski definition) is 0. The van der Waals surface area contributed by atoms with Crippen LogP contribution in [-0.2, 0) is 9.59 Å². The van der Waals surface area contributed by atoms with Crippen LogP contribution in [0, 0.1) is 5.82 Å². The zero-order chi connectivity index (χ0) is 19.2. The van der Waals surface area contributed by atoms with Crippen LogP contribution in [0.1, 0.15) is 25.7 Å². The summed E-state index contributed by atoms with van der Waals surface area (Å²) in [6, 6.07) is 1.25. The molecule has 0 saturated carbocycles. The molecule has 1 aromatic rings. The molecule has 0 radical (unpaired) electrons. The zero-order valence-electron chi connectivity index (χ0n) is 13.0. The van der Waals surface area contributed by atoms with Crippen LogP contribution in [0.25, 0.3) is 0 Å². The maximum Gasteiger partial charge on any atom is 0.444 e. The third kappa shape index (κ3) is 3.16. The molecule has 2 aliphatic rings. The number of benzene rings is 1. The molecular formula is C16H11Cl2F4NO3. The summed E-state index contributed by atoms with van der Waals surface area (Å²) in [5.41, 5.74) is -3.22. The number of hydrogen-bond acceptors (Lipinski definition) is 3. The molecule has 0 spiro atoms. The van der Waals surface area contributed by atoms with E-state index in [0.29, 0.717) is 42.7 Å². The highest BCUT2D eigenvalue weighted by Crippen LogP contribution is 2.41. The molecule has 1 aliphatic heterocycles. The number of anilines is 1. The van der Waals surface area contributed by atoms with Crippen LogP contribution in [-0.4, -0.2) is 23.6 Å². The molecule has 0 N–H and O–H groups in total. The smallest absolute Gasteiger partial charge is 0.428 e. The lowest BCUT2D eigenvalue weighted by Gasteiger charge is -2.21. The van der Waals surface area contributed by atoms with Crippen molar-refractivity contribution in [2.45, 2.75) is 37.4 Å². The Kier molecular flexibility index (Phi) is 4.92. The molecule has 1 heterocycles. The van der Waals surface area contributed by atoms with Crippen LogP contribution in [0.4, 0.5) is 23.2 Å². The van der Waals surface area contributed by atoms with E-state index in [1.165, 1.54) is 0 Å². The summed E-state index contributed by atoms with van der Waals surface area (Å²) in [6.45, 7) is 0. The molecule has 0 fully saturated rings. The van der Waals surface area contributed by atoms with Crippen molar-refractivity contribution in [3.8, 4) is 5.75 Å². The van der Waals surface area contributed by atoms with Crippen molar-refractivity contribution in [2.24, 2.45) is 0 Å². The molecule has 140 valence electrons.